The van der Waals surface area contributed by atoms with Gasteiger partial charge in [0.15, 0.2) is 0 Å². The van der Waals surface area contributed by atoms with Crippen molar-refractivity contribution < 1.29 is 4.74 Å². The van der Waals surface area contributed by atoms with Crippen LogP contribution in [0.3, 0.4) is 0 Å². The fraction of sp³-hybridized carbons (Fsp3) is 0.545. The van der Waals surface area contributed by atoms with Crippen molar-refractivity contribution in [2.75, 3.05) is 19.8 Å². The Balaban J connectivity index is 2.40. The van der Waals surface area contributed by atoms with E-state index in [9.17, 15) is 0 Å². The van der Waals surface area contributed by atoms with Crippen LogP contribution in [0.4, 0.5) is 0 Å². The predicted molar refractivity (Wildman–Crippen MR) is 62.2 cm³/mol. The number of nitrogens with one attached hydrogen (secondary N) is 1. The minimum absolute atomic E-state index is 0.201. The molecule has 0 aliphatic carbocycles. The molecule has 3 nitrogen and oxygen atoms in total. The van der Waals surface area contributed by atoms with E-state index in [0.717, 1.165) is 25.3 Å². The predicted octanol–water partition coefficient (Wildman–Crippen LogP) is 2.42. The maximum Gasteiger partial charge on any atom is 0.133 e. The van der Waals surface area contributed by atoms with Crippen molar-refractivity contribution in [2.45, 2.75) is 19.9 Å². The smallest absolute Gasteiger partial charge is 0.133 e. The molecule has 1 rings (SSSR count). The van der Waals surface area contributed by atoms with E-state index in [4.69, 9.17) is 16.3 Å². The molecule has 1 atom stereocenters. The van der Waals surface area contributed by atoms with E-state index in [1.165, 1.54) is 0 Å². The van der Waals surface area contributed by atoms with Crippen molar-refractivity contribution in [2.24, 2.45) is 0 Å². The van der Waals surface area contributed by atoms with Gasteiger partial charge in [-0.15, -0.1) is 0 Å². The molecule has 0 radical (unpaired) electrons. The van der Waals surface area contributed by atoms with Crippen molar-refractivity contribution in [3.8, 4) is 0 Å². The lowest BCUT2D eigenvalue weighted by molar-refractivity contribution is 0.147. The zero-order chi connectivity index (χ0) is 11.1. The van der Waals surface area contributed by atoms with Crippen LogP contribution in [-0.4, -0.2) is 24.7 Å². The molecule has 0 aliphatic rings. The van der Waals surface area contributed by atoms with Crippen LogP contribution in [0.5, 0.6) is 0 Å². The first-order chi connectivity index (χ1) is 7.25. The van der Waals surface area contributed by atoms with Crippen LogP contribution in [-0.2, 0) is 4.74 Å². The molecular formula is C11H17ClN2O. The molecule has 0 fully saturated rings. The molecule has 1 unspecified atom stereocenters. The zero-order valence-corrected chi connectivity index (χ0v) is 9.92. The minimum Gasteiger partial charge on any atom is -0.380 e. The van der Waals surface area contributed by atoms with Gasteiger partial charge < -0.3 is 10.1 Å². The van der Waals surface area contributed by atoms with Crippen molar-refractivity contribution in [3.63, 3.8) is 0 Å². The van der Waals surface area contributed by atoms with E-state index in [0.29, 0.717) is 5.15 Å². The van der Waals surface area contributed by atoms with Crippen LogP contribution in [0.25, 0.3) is 0 Å². The molecule has 1 heterocycles. The molecule has 0 bridgehead atoms. The van der Waals surface area contributed by atoms with Gasteiger partial charge in [-0.05, 0) is 19.9 Å². The Morgan fingerprint density at radius 3 is 3.07 bits per heavy atom. The van der Waals surface area contributed by atoms with Gasteiger partial charge >= 0.3 is 0 Å². The molecule has 15 heavy (non-hydrogen) atoms. The van der Waals surface area contributed by atoms with E-state index < -0.39 is 0 Å². The number of ether oxygens (including phenoxy) is 1. The molecule has 84 valence electrons. The lowest BCUT2D eigenvalue weighted by Crippen LogP contribution is -2.23. The Bertz CT molecular complexity index is 294. The van der Waals surface area contributed by atoms with Gasteiger partial charge in [-0.1, -0.05) is 17.7 Å². The molecule has 0 spiro atoms. The van der Waals surface area contributed by atoms with Gasteiger partial charge in [0.1, 0.15) is 5.15 Å². The highest BCUT2D eigenvalue weighted by molar-refractivity contribution is 6.30. The van der Waals surface area contributed by atoms with E-state index in [1.807, 2.05) is 19.1 Å². The molecule has 0 saturated heterocycles. The van der Waals surface area contributed by atoms with E-state index in [2.05, 4.69) is 17.2 Å². The highest BCUT2D eigenvalue weighted by atomic mass is 35.5. The largest absolute Gasteiger partial charge is 0.380 e. The molecule has 4 heteroatoms. The molecule has 0 saturated carbocycles. The Labute approximate surface area is 95.8 Å². The number of rotatable bonds is 6. The van der Waals surface area contributed by atoms with E-state index in [-0.39, 0.29) is 6.04 Å². The average Bonchev–Trinajstić information content (AvgIpc) is 2.25. The first-order valence-corrected chi connectivity index (χ1v) is 5.55. The second-order valence-electron chi connectivity index (χ2n) is 3.26. The lowest BCUT2D eigenvalue weighted by atomic mass is 10.1. The van der Waals surface area contributed by atoms with E-state index >= 15 is 0 Å². The molecule has 1 aromatic heterocycles. The fourth-order valence-corrected chi connectivity index (χ4v) is 1.61. The third kappa shape index (κ3) is 4.16. The van der Waals surface area contributed by atoms with E-state index in [1.54, 1.807) is 6.20 Å². The zero-order valence-electron chi connectivity index (χ0n) is 9.16. The van der Waals surface area contributed by atoms with Gasteiger partial charge in [-0.2, -0.15) is 0 Å². The third-order valence-electron chi connectivity index (χ3n) is 2.16. The minimum atomic E-state index is 0.201. The van der Waals surface area contributed by atoms with Gasteiger partial charge in [0.05, 0.1) is 6.61 Å². The number of pyridine rings is 1. The number of halogens is 1. The summed E-state index contributed by atoms with van der Waals surface area (Å²) in [6.07, 6.45) is 1.69. The second-order valence-corrected chi connectivity index (χ2v) is 3.61. The standard InChI is InChI=1S/C11H17ClN2O/c1-3-15-8-7-13-9(2)10-5-4-6-14-11(10)12/h4-6,9,13H,3,7-8H2,1-2H3. The highest BCUT2D eigenvalue weighted by Gasteiger charge is 2.08. The van der Waals surface area contributed by atoms with Crippen LogP contribution in [0.2, 0.25) is 5.15 Å². The normalized spacial score (nSPS) is 12.7. The summed E-state index contributed by atoms with van der Waals surface area (Å²) in [4.78, 5) is 4.04. The maximum absolute atomic E-state index is 5.98. The monoisotopic (exact) mass is 228 g/mol. The Morgan fingerprint density at radius 1 is 1.60 bits per heavy atom. The molecule has 1 N–H and O–H groups in total. The van der Waals surface area contributed by atoms with Crippen molar-refractivity contribution in [3.05, 3.63) is 29.0 Å². The average molecular weight is 229 g/mol. The van der Waals surface area contributed by atoms with Gasteiger partial charge in [0.25, 0.3) is 0 Å². The summed E-state index contributed by atoms with van der Waals surface area (Å²) in [5.41, 5.74) is 1.02. The first-order valence-electron chi connectivity index (χ1n) is 5.17. The third-order valence-corrected chi connectivity index (χ3v) is 2.47. The molecule has 0 aliphatic heterocycles. The van der Waals surface area contributed by atoms with Gasteiger partial charge in [0, 0.05) is 31.0 Å². The second kappa shape index (κ2) is 6.77. The maximum atomic E-state index is 5.98. The van der Waals surface area contributed by atoms with Crippen molar-refractivity contribution >= 4 is 11.6 Å². The number of aromatic nitrogens is 1. The number of hydrogen-bond acceptors (Lipinski definition) is 3. The molecular weight excluding hydrogens is 212 g/mol. The quantitative estimate of drug-likeness (QED) is 0.600. The van der Waals surface area contributed by atoms with Crippen molar-refractivity contribution in [1.82, 2.24) is 10.3 Å². The SMILES string of the molecule is CCOCCNC(C)c1cccnc1Cl. The highest BCUT2D eigenvalue weighted by Crippen LogP contribution is 2.19. The van der Waals surface area contributed by atoms with Gasteiger partial charge in [0.2, 0.25) is 0 Å². The summed E-state index contributed by atoms with van der Waals surface area (Å²) in [6.45, 7) is 6.35. The topological polar surface area (TPSA) is 34.1 Å². The summed E-state index contributed by atoms with van der Waals surface area (Å²) < 4.78 is 5.24. The molecule has 0 amide bonds. The Morgan fingerprint density at radius 2 is 2.40 bits per heavy atom. The van der Waals surface area contributed by atoms with Crippen LogP contribution in [0.15, 0.2) is 18.3 Å². The Hall–Kier alpha value is -0.640. The summed E-state index contributed by atoms with van der Waals surface area (Å²) in [6, 6.07) is 4.07. The Kier molecular flexibility index (Phi) is 5.61. The fourth-order valence-electron chi connectivity index (χ4n) is 1.32. The van der Waals surface area contributed by atoms with Crippen LogP contribution >= 0.6 is 11.6 Å². The lowest BCUT2D eigenvalue weighted by Gasteiger charge is -2.14. The van der Waals surface area contributed by atoms with Gasteiger partial charge in [-0.25, -0.2) is 4.98 Å². The summed E-state index contributed by atoms with van der Waals surface area (Å²) in [5, 5.41) is 3.89. The van der Waals surface area contributed by atoms with Gasteiger partial charge in [-0.3, -0.25) is 0 Å². The summed E-state index contributed by atoms with van der Waals surface area (Å²) >= 11 is 5.98. The summed E-state index contributed by atoms with van der Waals surface area (Å²) in [7, 11) is 0. The first kappa shape index (κ1) is 12.4. The summed E-state index contributed by atoms with van der Waals surface area (Å²) in [5.74, 6) is 0. The van der Waals surface area contributed by atoms with Crippen LogP contribution in [0.1, 0.15) is 25.5 Å². The number of hydrogen-bond donors (Lipinski definition) is 1. The van der Waals surface area contributed by atoms with Crippen LogP contribution < -0.4 is 5.32 Å². The molecule has 0 aromatic carbocycles. The van der Waals surface area contributed by atoms with Crippen molar-refractivity contribution in [1.29, 1.82) is 0 Å². The van der Waals surface area contributed by atoms with Crippen LogP contribution in [0, 0.1) is 0 Å². The number of nitrogens with zero attached hydrogens (tertiary/aromatic N) is 1. The molecule has 1 aromatic rings.